The van der Waals surface area contributed by atoms with E-state index in [4.69, 9.17) is 19.0 Å². The van der Waals surface area contributed by atoms with Gasteiger partial charge in [0.25, 0.3) is 0 Å². The van der Waals surface area contributed by atoms with Crippen LogP contribution in [0.2, 0.25) is 0 Å². The minimum Gasteiger partial charge on any atom is -0.490 e. The molecule has 0 aromatic carbocycles. The van der Waals surface area contributed by atoms with Gasteiger partial charge in [-0.05, 0) is 0 Å². The lowest BCUT2D eigenvalue weighted by molar-refractivity contribution is 0.0108. The molecular formula is C9H13NO5. The molecule has 0 saturated carbocycles. The second-order valence-corrected chi connectivity index (χ2v) is 3.82. The Morgan fingerprint density at radius 3 is 3.07 bits per heavy atom. The van der Waals surface area contributed by atoms with E-state index in [1.807, 2.05) is 0 Å². The highest BCUT2D eigenvalue weighted by atomic mass is 16.7. The fourth-order valence-corrected chi connectivity index (χ4v) is 1.68. The van der Waals surface area contributed by atoms with Crippen molar-refractivity contribution in [2.75, 3.05) is 26.4 Å². The molecule has 0 spiro atoms. The van der Waals surface area contributed by atoms with E-state index < -0.39 is 6.10 Å². The third-order valence-electron chi connectivity index (χ3n) is 2.59. The summed E-state index contributed by atoms with van der Waals surface area (Å²) in [5, 5.41) is 9.47. The van der Waals surface area contributed by atoms with E-state index in [1.54, 1.807) is 0 Å². The van der Waals surface area contributed by atoms with Crippen LogP contribution in [0.25, 0.3) is 0 Å². The molecule has 0 aromatic rings. The van der Waals surface area contributed by atoms with Crippen molar-refractivity contribution >= 4 is 0 Å². The molecule has 2 fully saturated rings. The lowest BCUT2D eigenvalue weighted by atomic mass is 10.2. The Kier molecular flexibility index (Phi) is 2.28. The van der Waals surface area contributed by atoms with Gasteiger partial charge in [0.2, 0.25) is 0 Å². The third kappa shape index (κ3) is 1.81. The van der Waals surface area contributed by atoms with Crippen LogP contribution in [0.1, 0.15) is 0 Å². The van der Waals surface area contributed by atoms with Crippen LogP contribution in [-0.2, 0) is 19.0 Å². The topological polar surface area (TPSA) is 72.5 Å². The Hall–Kier alpha value is -0.820. The van der Waals surface area contributed by atoms with Crippen LogP contribution in [0.5, 0.6) is 0 Å². The van der Waals surface area contributed by atoms with E-state index >= 15 is 0 Å². The zero-order chi connectivity index (χ0) is 10.3. The molecule has 0 bridgehead atoms. The predicted molar refractivity (Wildman–Crippen MR) is 47.6 cm³/mol. The van der Waals surface area contributed by atoms with Gasteiger partial charge in [-0.15, -0.1) is 0 Å². The van der Waals surface area contributed by atoms with Crippen molar-refractivity contribution in [1.29, 1.82) is 0 Å². The smallest absolute Gasteiger partial charge is 0.151 e. The number of epoxide rings is 1. The average Bonchev–Trinajstić information content (AvgIpc) is 2.84. The summed E-state index contributed by atoms with van der Waals surface area (Å²) >= 11 is 0. The van der Waals surface area contributed by atoms with Gasteiger partial charge in [0, 0.05) is 0 Å². The second kappa shape index (κ2) is 3.64. The average molecular weight is 215 g/mol. The lowest BCUT2D eigenvalue weighted by Crippen LogP contribution is -2.22. The van der Waals surface area contributed by atoms with E-state index in [1.165, 1.54) is 0 Å². The van der Waals surface area contributed by atoms with Crippen molar-refractivity contribution in [3.8, 4) is 0 Å². The summed E-state index contributed by atoms with van der Waals surface area (Å²) in [4.78, 5) is 5.21. The Labute approximate surface area is 86.7 Å². The van der Waals surface area contributed by atoms with Crippen LogP contribution < -0.4 is 5.48 Å². The number of fused-ring (bicyclic) bond motifs is 1. The van der Waals surface area contributed by atoms with Crippen molar-refractivity contribution in [3.63, 3.8) is 0 Å². The molecule has 2 saturated heterocycles. The molecule has 3 aliphatic rings. The largest absolute Gasteiger partial charge is 0.490 e. The number of nitrogens with one attached hydrogen (secondary N) is 1. The first-order chi connectivity index (χ1) is 7.34. The van der Waals surface area contributed by atoms with Crippen molar-refractivity contribution in [1.82, 2.24) is 5.48 Å². The van der Waals surface area contributed by atoms with Gasteiger partial charge in [-0.25, -0.2) is 0 Å². The Morgan fingerprint density at radius 2 is 2.27 bits per heavy atom. The quantitative estimate of drug-likeness (QED) is 0.458. The molecule has 3 rings (SSSR count). The summed E-state index contributed by atoms with van der Waals surface area (Å²) in [6.45, 7) is 1.96. The van der Waals surface area contributed by atoms with Crippen LogP contribution in [-0.4, -0.2) is 49.8 Å². The van der Waals surface area contributed by atoms with E-state index in [-0.39, 0.29) is 18.8 Å². The van der Waals surface area contributed by atoms with Crippen LogP contribution in [0, 0.1) is 0 Å². The second-order valence-electron chi connectivity index (χ2n) is 3.82. The highest BCUT2D eigenvalue weighted by Gasteiger charge is 2.40. The van der Waals surface area contributed by atoms with E-state index in [0.717, 1.165) is 12.3 Å². The maximum atomic E-state index is 9.47. The van der Waals surface area contributed by atoms with Crippen LogP contribution >= 0.6 is 0 Å². The number of hydrogen-bond acceptors (Lipinski definition) is 6. The van der Waals surface area contributed by atoms with Gasteiger partial charge < -0.3 is 19.3 Å². The minimum absolute atomic E-state index is 0.219. The molecule has 0 amide bonds. The monoisotopic (exact) mass is 215 g/mol. The normalized spacial score (nSPS) is 37.8. The summed E-state index contributed by atoms with van der Waals surface area (Å²) in [7, 11) is 0. The molecule has 3 aliphatic heterocycles. The maximum absolute atomic E-state index is 9.47. The van der Waals surface area contributed by atoms with Crippen molar-refractivity contribution in [3.05, 3.63) is 11.5 Å². The van der Waals surface area contributed by atoms with Gasteiger partial charge >= 0.3 is 0 Å². The number of hydroxylamine groups is 1. The van der Waals surface area contributed by atoms with Gasteiger partial charge in [0.05, 0.1) is 13.2 Å². The van der Waals surface area contributed by atoms with Crippen molar-refractivity contribution in [2.24, 2.45) is 0 Å². The van der Waals surface area contributed by atoms with Crippen LogP contribution in [0.4, 0.5) is 0 Å². The van der Waals surface area contributed by atoms with E-state index in [2.05, 4.69) is 5.48 Å². The zero-order valence-corrected chi connectivity index (χ0v) is 8.14. The Bertz CT molecular complexity index is 288. The molecule has 15 heavy (non-hydrogen) atoms. The Morgan fingerprint density at radius 1 is 1.40 bits per heavy atom. The number of hydrogen-bond donors (Lipinski definition) is 2. The number of rotatable bonds is 4. The molecule has 0 radical (unpaired) electrons. The number of ether oxygens (including phenoxy) is 3. The van der Waals surface area contributed by atoms with E-state index in [9.17, 15) is 5.11 Å². The van der Waals surface area contributed by atoms with Gasteiger partial charge in [-0.1, -0.05) is 0 Å². The fraction of sp³-hybridized carbons (Fsp3) is 0.778. The van der Waals surface area contributed by atoms with Crippen LogP contribution in [0.15, 0.2) is 11.5 Å². The lowest BCUT2D eigenvalue weighted by Gasteiger charge is -2.07. The summed E-state index contributed by atoms with van der Waals surface area (Å²) in [6.07, 6.45) is -0.671. The SMILES string of the molecule is OC1COC2=C(NOCC3CO3)COC21. The van der Waals surface area contributed by atoms with Gasteiger partial charge in [-0.3, -0.25) is 10.3 Å². The molecule has 2 N–H and O–H groups in total. The Balaban J connectivity index is 1.55. The minimum atomic E-state index is -0.564. The molecule has 0 aliphatic carbocycles. The molecule has 6 nitrogen and oxygen atoms in total. The summed E-state index contributed by atoms with van der Waals surface area (Å²) < 4.78 is 15.7. The van der Waals surface area contributed by atoms with Crippen molar-refractivity contribution in [2.45, 2.75) is 18.3 Å². The molecule has 0 aromatic heterocycles. The van der Waals surface area contributed by atoms with Crippen LogP contribution in [0.3, 0.4) is 0 Å². The molecule has 3 heterocycles. The molecule has 84 valence electrons. The predicted octanol–water partition coefficient (Wildman–Crippen LogP) is -1.09. The number of aliphatic hydroxyl groups excluding tert-OH is 1. The molecule has 3 unspecified atom stereocenters. The highest BCUT2D eigenvalue weighted by molar-refractivity contribution is 5.20. The number of aliphatic hydroxyl groups is 1. The zero-order valence-electron chi connectivity index (χ0n) is 8.14. The van der Waals surface area contributed by atoms with Gasteiger partial charge in [-0.2, -0.15) is 0 Å². The van der Waals surface area contributed by atoms with Gasteiger partial charge in [0.15, 0.2) is 5.76 Å². The summed E-state index contributed by atoms with van der Waals surface area (Å²) in [5.74, 6) is 0.666. The first kappa shape index (κ1) is 9.41. The summed E-state index contributed by atoms with van der Waals surface area (Å²) in [5.41, 5.74) is 3.54. The van der Waals surface area contributed by atoms with Gasteiger partial charge in [0.1, 0.15) is 37.2 Å². The standard InChI is InChI=1S/C9H13NO5/c11-7-4-14-8-6(3-13-9(7)8)10-15-2-5-1-12-5/h5,7,9-11H,1-4H2. The molecular weight excluding hydrogens is 202 g/mol. The first-order valence-corrected chi connectivity index (χ1v) is 4.99. The fourth-order valence-electron chi connectivity index (χ4n) is 1.68. The molecule has 6 heteroatoms. The third-order valence-corrected chi connectivity index (χ3v) is 2.59. The van der Waals surface area contributed by atoms with E-state index in [0.29, 0.717) is 19.0 Å². The highest BCUT2D eigenvalue weighted by Crippen LogP contribution is 2.29. The van der Waals surface area contributed by atoms with Crippen molar-refractivity contribution < 1.29 is 24.2 Å². The summed E-state index contributed by atoms with van der Waals surface area (Å²) in [6, 6.07) is 0. The molecule has 3 atom stereocenters. The first-order valence-electron chi connectivity index (χ1n) is 4.99. The maximum Gasteiger partial charge on any atom is 0.151 e.